The van der Waals surface area contributed by atoms with Crippen LogP contribution in [0.25, 0.3) is 0 Å². The Morgan fingerprint density at radius 3 is 2.57 bits per heavy atom. The summed E-state index contributed by atoms with van der Waals surface area (Å²) in [4.78, 5) is 16.2. The third kappa shape index (κ3) is 5.71. The molecule has 1 unspecified atom stereocenters. The highest BCUT2D eigenvalue weighted by molar-refractivity contribution is 9.10. The summed E-state index contributed by atoms with van der Waals surface area (Å²) < 4.78 is 14.0. The number of carbonyl (C=O) groups excluding carboxylic acids is 1. The van der Waals surface area contributed by atoms with Crippen molar-refractivity contribution in [2.75, 3.05) is 26.2 Å². The van der Waals surface area contributed by atoms with Crippen molar-refractivity contribution in [1.82, 2.24) is 9.80 Å². The minimum Gasteiger partial charge on any atom is -0.339 e. The van der Waals surface area contributed by atoms with Gasteiger partial charge in [0.25, 0.3) is 0 Å². The quantitative estimate of drug-likeness (QED) is 0.815. The van der Waals surface area contributed by atoms with Gasteiger partial charge in [0.1, 0.15) is 5.82 Å². The lowest BCUT2D eigenvalue weighted by molar-refractivity contribution is -0.134. The first kappa shape index (κ1) is 20.4. The minimum absolute atomic E-state index is 0. The molecule has 4 nitrogen and oxygen atoms in total. The second-order valence-electron chi connectivity index (χ2n) is 5.75. The Balaban J connectivity index is 0.00000264. The molecule has 1 atom stereocenters. The third-order valence-corrected chi connectivity index (χ3v) is 4.63. The number of rotatable bonds is 5. The zero-order valence-electron chi connectivity index (χ0n) is 13.3. The van der Waals surface area contributed by atoms with Crippen LogP contribution in [0.1, 0.15) is 25.3 Å². The summed E-state index contributed by atoms with van der Waals surface area (Å²) in [6.45, 7) is 5.70. The lowest BCUT2D eigenvalue weighted by atomic mass is 10.1. The topological polar surface area (TPSA) is 49.6 Å². The second kappa shape index (κ2) is 9.57. The lowest BCUT2D eigenvalue weighted by Gasteiger charge is -2.36. The number of carbonyl (C=O) groups is 1. The van der Waals surface area contributed by atoms with Crippen LogP contribution < -0.4 is 5.73 Å². The van der Waals surface area contributed by atoms with E-state index in [-0.39, 0.29) is 30.2 Å². The molecule has 0 aliphatic carbocycles. The molecule has 1 heterocycles. The van der Waals surface area contributed by atoms with Crippen LogP contribution in [0.15, 0.2) is 22.7 Å². The van der Waals surface area contributed by atoms with E-state index in [0.717, 1.165) is 31.5 Å². The van der Waals surface area contributed by atoms with Crippen LogP contribution in [-0.4, -0.2) is 47.9 Å². The Bertz CT molecular complexity index is 524. The van der Waals surface area contributed by atoms with Gasteiger partial charge in [0.05, 0.1) is 10.5 Å². The molecule has 130 valence electrons. The first-order valence-electron chi connectivity index (χ1n) is 7.72. The molecule has 23 heavy (non-hydrogen) atoms. The zero-order valence-corrected chi connectivity index (χ0v) is 15.7. The Morgan fingerprint density at radius 2 is 2.00 bits per heavy atom. The van der Waals surface area contributed by atoms with Crippen molar-refractivity contribution in [2.24, 2.45) is 5.73 Å². The molecule has 2 rings (SSSR count). The van der Waals surface area contributed by atoms with Gasteiger partial charge in [-0.05, 0) is 40.0 Å². The van der Waals surface area contributed by atoms with Gasteiger partial charge in [0, 0.05) is 32.7 Å². The van der Waals surface area contributed by atoms with Crippen LogP contribution in [0.5, 0.6) is 0 Å². The van der Waals surface area contributed by atoms with Crippen LogP contribution in [0, 0.1) is 5.82 Å². The largest absolute Gasteiger partial charge is 0.339 e. The van der Waals surface area contributed by atoms with E-state index in [2.05, 4.69) is 20.8 Å². The SMILES string of the molecule is CCCC(N)C(=O)N1CCN(Cc2ccc(Br)c(F)c2)CC1.Cl. The van der Waals surface area contributed by atoms with E-state index in [0.29, 0.717) is 24.1 Å². The number of piperazine rings is 1. The lowest BCUT2D eigenvalue weighted by Crippen LogP contribution is -2.52. The molecule has 0 saturated carbocycles. The Kier molecular flexibility index (Phi) is 8.47. The molecule has 0 radical (unpaired) electrons. The predicted molar refractivity (Wildman–Crippen MR) is 96.1 cm³/mol. The van der Waals surface area contributed by atoms with Gasteiger partial charge in [-0.2, -0.15) is 0 Å². The van der Waals surface area contributed by atoms with Crippen molar-refractivity contribution in [2.45, 2.75) is 32.4 Å². The van der Waals surface area contributed by atoms with Gasteiger partial charge in [0.15, 0.2) is 0 Å². The number of amides is 1. The summed E-state index contributed by atoms with van der Waals surface area (Å²) in [5.41, 5.74) is 6.84. The molecule has 2 N–H and O–H groups in total. The molecule has 0 aromatic heterocycles. The van der Waals surface area contributed by atoms with Gasteiger partial charge >= 0.3 is 0 Å². The van der Waals surface area contributed by atoms with Crippen LogP contribution in [0.3, 0.4) is 0 Å². The Hall–Kier alpha value is -0.690. The first-order chi connectivity index (χ1) is 10.5. The molecule has 1 aliphatic heterocycles. The summed E-state index contributed by atoms with van der Waals surface area (Å²) in [6, 6.07) is 4.83. The standard InChI is InChI=1S/C16H23BrFN3O.ClH/c1-2-3-15(19)16(22)21-8-6-20(7-9-21)11-12-4-5-13(17)14(18)10-12;/h4-5,10,15H,2-3,6-9,11,19H2,1H3;1H. The molecule has 1 fully saturated rings. The molecule has 1 aromatic carbocycles. The third-order valence-electron chi connectivity index (χ3n) is 3.99. The molecule has 1 saturated heterocycles. The minimum atomic E-state index is -0.378. The molecule has 1 aromatic rings. The fourth-order valence-corrected chi connectivity index (χ4v) is 2.94. The van der Waals surface area contributed by atoms with E-state index in [1.165, 1.54) is 0 Å². The van der Waals surface area contributed by atoms with Crippen molar-refractivity contribution < 1.29 is 9.18 Å². The maximum atomic E-state index is 13.5. The molecule has 0 spiro atoms. The van der Waals surface area contributed by atoms with E-state index < -0.39 is 0 Å². The fourth-order valence-electron chi connectivity index (χ4n) is 2.69. The van der Waals surface area contributed by atoms with E-state index in [1.807, 2.05) is 17.9 Å². The fraction of sp³-hybridized carbons (Fsp3) is 0.562. The van der Waals surface area contributed by atoms with Crippen LogP contribution >= 0.6 is 28.3 Å². The molecular weight excluding hydrogens is 385 g/mol. The Labute approximate surface area is 151 Å². The zero-order chi connectivity index (χ0) is 16.1. The summed E-state index contributed by atoms with van der Waals surface area (Å²) in [5.74, 6) is -0.187. The van der Waals surface area contributed by atoms with Crippen LogP contribution in [0.2, 0.25) is 0 Å². The summed E-state index contributed by atoms with van der Waals surface area (Å²) in [6.07, 6.45) is 1.65. The highest BCUT2D eigenvalue weighted by Crippen LogP contribution is 2.18. The molecule has 7 heteroatoms. The van der Waals surface area contributed by atoms with Gasteiger partial charge in [-0.25, -0.2) is 4.39 Å². The van der Waals surface area contributed by atoms with E-state index in [1.54, 1.807) is 12.1 Å². The van der Waals surface area contributed by atoms with E-state index >= 15 is 0 Å². The highest BCUT2D eigenvalue weighted by Gasteiger charge is 2.24. The van der Waals surface area contributed by atoms with Crippen molar-refractivity contribution in [3.8, 4) is 0 Å². The summed E-state index contributed by atoms with van der Waals surface area (Å²) >= 11 is 3.16. The van der Waals surface area contributed by atoms with Crippen molar-refractivity contribution in [1.29, 1.82) is 0 Å². The van der Waals surface area contributed by atoms with Gasteiger partial charge < -0.3 is 10.6 Å². The van der Waals surface area contributed by atoms with E-state index in [4.69, 9.17) is 5.73 Å². The number of nitrogens with two attached hydrogens (primary N) is 1. The predicted octanol–water partition coefficient (Wildman–Crippen LogP) is 2.78. The number of nitrogens with zero attached hydrogens (tertiary/aromatic N) is 2. The normalized spacial score (nSPS) is 16.8. The molecule has 1 amide bonds. The van der Waals surface area contributed by atoms with Crippen molar-refractivity contribution in [3.63, 3.8) is 0 Å². The number of hydrogen-bond donors (Lipinski definition) is 1. The second-order valence-corrected chi connectivity index (χ2v) is 6.60. The van der Waals surface area contributed by atoms with Gasteiger partial charge in [-0.15, -0.1) is 12.4 Å². The van der Waals surface area contributed by atoms with Crippen LogP contribution in [-0.2, 0) is 11.3 Å². The highest BCUT2D eigenvalue weighted by atomic mass is 79.9. The molecule has 1 aliphatic rings. The maximum Gasteiger partial charge on any atom is 0.239 e. The summed E-state index contributed by atoms with van der Waals surface area (Å²) in [5, 5.41) is 0. The monoisotopic (exact) mass is 407 g/mol. The number of benzene rings is 1. The smallest absolute Gasteiger partial charge is 0.239 e. The number of halogens is 3. The van der Waals surface area contributed by atoms with Crippen LogP contribution in [0.4, 0.5) is 4.39 Å². The van der Waals surface area contributed by atoms with Gasteiger partial charge in [0.2, 0.25) is 5.91 Å². The average Bonchev–Trinajstić information content (AvgIpc) is 2.51. The van der Waals surface area contributed by atoms with Crippen molar-refractivity contribution >= 4 is 34.2 Å². The molecular formula is C16H24BrClFN3O. The number of hydrogen-bond acceptors (Lipinski definition) is 3. The maximum absolute atomic E-state index is 13.5. The van der Waals surface area contributed by atoms with Gasteiger partial charge in [-0.1, -0.05) is 19.4 Å². The van der Waals surface area contributed by atoms with Crippen molar-refractivity contribution in [3.05, 3.63) is 34.1 Å². The summed E-state index contributed by atoms with van der Waals surface area (Å²) in [7, 11) is 0. The first-order valence-corrected chi connectivity index (χ1v) is 8.51. The average molecular weight is 409 g/mol. The Morgan fingerprint density at radius 1 is 1.35 bits per heavy atom. The molecule has 0 bridgehead atoms. The van der Waals surface area contributed by atoms with E-state index in [9.17, 15) is 9.18 Å². The van der Waals surface area contributed by atoms with Gasteiger partial charge in [-0.3, -0.25) is 9.69 Å².